The van der Waals surface area contributed by atoms with Crippen LogP contribution in [0.4, 0.5) is 5.69 Å². The lowest BCUT2D eigenvalue weighted by atomic mass is 10.1. The van der Waals surface area contributed by atoms with Crippen LogP contribution in [-0.4, -0.2) is 41.4 Å². The van der Waals surface area contributed by atoms with Gasteiger partial charge in [-0.3, -0.25) is 9.59 Å². The first-order chi connectivity index (χ1) is 13.1. The maximum Gasteiger partial charge on any atom is 0.275 e. The van der Waals surface area contributed by atoms with Gasteiger partial charge in [-0.05, 0) is 43.3 Å². The highest BCUT2D eigenvalue weighted by Crippen LogP contribution is 2.23. The van der Waals surface area contributed by atoms with E-state index in [4.69, 9.17) is 10.5 Å². The van der Waals surface area contributed by atoms with E-state index >= 15 is 0 Å². The van der Waals surface area contributed by atoms with Crippen LogP contribution in [0.1, 0.15) is 27.3 Å². The molecule has 8 nitrogen and oxygen atoms in total. The highest BCUT2D eigenvalue weighted by Gasteiger charge is 2.15. The second-order valence-electron chi connectivity index (χ2n) is 5.86. The third kappa shape index (κ3) is 4.24. The van der Waals surface area contributed by atoms with Gasteiger partial charge >= 0.3 is 0 Å². The molecule has 0 aliphatic heterocycles. The number of amides is 2. The van der Waals surface area contributed by atoms with Crippen molar-refractivity contribution in [2.24, 2.45) is 5.73 Å². The van der Waals surface area contributed by atoms with Crippen molar-refractivity contribution in [1.82, 2.24) is 14.7 Å². The van der Waals surface area contributed by atoms with Gasteiger partial charge in [-0.2, -0.15) is 0 Å². The van der Waals surface area contributed by atoms with Crippen LogP contribution < -0.4 is 21.1 Å². The molecule has 0 fully saturated rings. The van der Waals surface area contributed by atoms with Gasteiger partial charge in [0.25, 0.3) is 11.8 Å². The zero-order chi connectivity index (χ0) is 19.2. The third-order valence-corrected chi connectivity index (χ3v) is 3.97. The van der Waals surface area contributed by atoms with E-state index in [-0.39, 0.29) is 17.5 Å². The van der Waals surface area contributed by atoms with Gasteiger partial charge in [0.2, 0.25) is 0 Å². The number of imidazole rings is 1. The van der Waals surface area contributed by atoms with Crippen molar-refractivity contribution in [3.8, 4) is 5.75 Å². The summed E-state index contributed by atoms with van der Waals surface area (Å²) in [5.41, 5.74) is 7.21. The predicted molar refractivity (Wildman–Crippen MR) is 102 cm³/mol. The van der Waals surface area contributed by atoms with E-state index in [1.165, 1.54) is 7.11 Å². The number of nitrogens with one attached hydrogen (secondary N) is 2. The molecular weight excluding hydrogens is 346 g/mol. The van der Waals surface area contributed by atoms with Crippen LogP contribution in [0, 0.1) is 0 Å². The standard InChI is InChI=1S/C19H21N5O3/c1-27-16-7-6-13(11-14(16)18(25)21-9-4-8-20)22-19(26)15-12-24-10-3-2-5-17(24)23-15/h2-3,5-7,10-12H,4,8-9,20H2,1H3,(H,21,25)(H,22,26). The first-order valence-electron chi connectivity index (χ1n) is 8.54. The minimum atomic E-state index is -0.363. The SMILES string of the molecule is COc1ccc(NC(=O)c2cn3ccccc3n2)cc1C(=O)NCCCN. The average Bonchev–Trinajstić information content (AvgIpc) is 3.12. The number of nitrogens with two attached hydrogens (primary N) is 1. The molecule has 3 rings (SSSR count). The van der Waals surface area contributed by atoms with Crippen LogP contribution in [0.15, 0.2) is 48.8 Å². The summed E-state index contributed by atoms with van der Waals surface area (Å²) < 4.78 is 7.01. The molecule has 2 aromatic heterocycles. The highest BCUT2D eigenvalue weighted by atomic mass is 16.5. The Kier molecular flexibility index (Phi) is 5.68. The summed E-state index contributed by atoms with van der Waals surface area (Å²) in [6.07, 6.45) is 4.14. The Labute approximate surface area is 156 Å². The topological polar surface area (TPSA) is 111 Å². The number of anilines is 1. The monoisotopic (exact) mass is 367 g/mol. The van der Waals surface area contributed by atoms with Gasteiger partial charge in [-0.1, -0.05) is 6.07 Å². The Bertz CT molecular complexity index is 934. The quantitative estimate of drug-likeness (QED) is 0.550. The van der Waals surface area contributed by atoms with Crippen molar-refractivity contribution in [2.45, 2.75) is 6.42 Å². The molecule has 4 N–H and O–H groups in total. The molecule has 0 aliphatic rings. The molecule has 0 saturated carbocycles. The van der Waals surface area contributed by atoms with Crippen LogP contribution in [-0.2, 0) is 0 Å². The molecule has 0 unspecified atom stereocenters. The summed E-state index contributed by atoms with van der Waals surface area (Å²) in [6, 6.07) is 10.4. The minimum Gasteiger partial charge on any atom is -0.496 e. The number of carbonyl (C=O) groups is 2. The zero-order valence-corrected chi connectivity index (χ0v) is 14.9. The molecule has 0 aliphatic carbocycles. The third-order valence-electron chi connectivity index (χ3n) is 3.97. The van der Waals surface area contributed by atoms with Gasteiger partial charge in [0.1, 0.15) is 17.1 Å². The molecular formula is C19H21N5O3. The summed E-state index contributed by atoms with van der Waals surface area (Å²) in [6.45, 7) is 0.961. The average molecular weight is 367 g/mol. The lowest BCUT2D eigenvalue weighted by Crippen LogP contribution is -2.26. The fraction of sp³-hybridized carbons (Fsp3) is 0.211. The van der Waals surface area contributed by atoms with Crippen molar-refractivity contribution in [2.75, 3.05) is 25.5 Å². The lowest BCUT2D eigenvalue weighted by Gasteiger charge is -2.11. The number of aromatic nitrogens is 2. The molecule has 140 valence electrons. The number of methoxy groups -OCH3 is 1. The smallest absolute Gasteiger partial charge is 0.275 e. The Morgan fingerprint density at radius 1 is 1.22 bits per heavy atom. The summed E-state index contributed by atoms with van der Waals surface area (Å²) >= 11 is 0. The number of benzene rings is 1. The minimum absolute atomic E-state index is 0.283. The van der Waals surface area contributed by atoms with Crippen molar-refractivity contribution >= 4 is 23.1 Å². The van der Waals surface area contributed by atoms with E-state index in [1.54, 1.807) is 28.8 Å². The Morgan fingerprint density at radius 2 is 2.07 bits per heavy atom. The normalized spacial score (nSPS) is 10.6. The largest absolute Gasteiger partial charge is 0.496 e. The molecule has 0 radical (unpaired) electrons. The summed E-state index contributed by atoms with van der Waals surface area (Å²) in [5.74, 6) is -0.228. The van der Waals surface area contributed by atoms with E-state index in [9.17, 15) is 9.59 Å². The number of ether oxygens (including phenoxy) is 1. The van der Waals surface area contributed by atoms with Crippen LogP contribution in [0.5, 0.6) is 5.75 Å². The van der Waals surface area contributed by atoms with Crippen LogP contribution in [0.25, 0.3) is 5.65 Å². The fourth-order valence-electron chi connectivity index (χ4n) is 2.60. The zero-order valence-electron chi connectivity index (χ0n) is 14.9. The molecule has 8 heteroatoms. The van der Waals surface area contributed by atoms with Crippen LogP contribution >= 0.6 is 0 Å². The Hall–Kier alpha value is -3.39. The summed E-state index contributed by atoms with van der Waals surface area (Å²) in [4.78, 5) is 29.1. The van der Waals surface area contributed by atoms with Gasteiger partial charge < -0.3 is 25.5 Å². The van der Waals surface area contributed by atoms with Gasteiger partial charge in [-0.15, -0.1) is 0 Å². The molecule has 0 spiro atoms. The number of hydrogen-bond acceptors (Lipinski definition) is 5. The Balaban J connectivity index is 1.78. The summed E-state index contributed by atoms with van der Waals surface area (Å²) in [5, 5.41) is 5.54. The van der Waals surface area contributed by atoms with E-state index in [0.717, 1.165) is 0 Å². The molecule has 2 heterocycles. The van der Waals surface area contributed by atoms with Crippen LogP contribution in [0.2, 0.25) is 0 Å². The van der Waals surface area contributed by atoms with Gasteiger partial charge in [0.05, 0.1) is 12.7 Å². The van der Waals surface area contributed by atoms with Gasteiger partial charge in [-0.25, -0.2) is 4.98 Å². The van der Waals surface area contributed by atoms with E-state index in [0.29, 0.717) is 42.2 Å². The molecule has 0 atom stereocenters. The van der Waals surface area contributed by atoms with E-state index in [1.807, 2.05) is 24.4 Å². The fourth-order valence-corrected chi connectivity index (χ4v) is 2.60. The number of hydrogen-bond donors (Lipinski definition) is 3. The predicted octanol–water partition coefficient (Wildman–Crippen LogP) is 1.67. The van der Waals surface area contributed by atoms with Crippen molar-refractivity contribution < 1.29 is 14.3 Å². The van der Waals surface area contributed by atoms with Crippen molar-refractivity contribution in [1.29, 1.82) is 0 Å². The maximum atomic E-state index is 12.5. The lowest BCUT2D eigenvalue weighted by molar-refractivity contribution is 0.0949. The molecule has 3 aromatic rings. The van der Waals surface area contributed by atoms with Crippen molar-refractivity contribution in [3.63, 3.8) is 0 Å². The number of rotatable bonds is 7. The first-order valence-corrected chi connectivity index (χ1v) is 8.54. The number of fused-ring (bicyclic) bond motifs is 1. The molecule has 0 saturated heterocycles. The molecule has 2 amide bonds. The molecule has 0 bridgehead atoms. The number of carbonyl (C=O) groups excluding carboxylic acids is 2. The Morgan fingerprint density at radius 3 is 2.81 bits per heavy atom. The summed E-state index contributed by atoms with van der Waals surface area (Å²) in [7, 11) is 1.49. The highest BCUT2D eigenvalue weighted by molar-refractivity contribution is 6.04. The maximum absolute atomic E-state index is 12.5. The molecule has 27 heavy (non-hydrogen) atoms. The second-order valence-corrected chi connectivity index (χ2v) is 5.86. The van der Waals surface area contributed by atoms with E-state index in [2.05, 4.69) is 15.6 Å². The second kappa shape index (κ2) is 8.33. The van der Waals surface area contributed by atoms with Gasteiger partial charge in [0, 0.05) is 24.6 Å². The number of pyridine rings is 1. The van der Waals surface area contributed by atoms with Gasteiger partial charge in [0.15, 0.2) is 0 Å². The van der Waals surface area contributed by atoms with E-state index < -0.39 is 0 Å². The molecule has 1 aromatic carbocycles. The first kappa shape index (κ1) is 18.4. The van der Waals surface area contributed by atoms with Crippen molar-refractivity contribution in [3.05, 3.63) is 60.0 Å². The van der Waals surface area contributed by atoms with Crippen LogP contribution in [0.3, 0.4) is 0 Å². The number of nitrogens with zero attached hydrogens (tertiary/aromatic N) is 2.